The molecule has 27 heavy (non-hydrogen) atoms. The van der Waals surface area contributed by atoms with E-state index in [4.69, 9.17) is 14.4 Å². The molecule has 0 unspecified atom stereocenters. The van der Waals surface area contributed by atoms with Crippen molar-refractivity contribution in [3.05, 3.63) is 24.0 Å². The molecule has 9 heteroatoms. The Balaban J connectivity index is 2.23. The molecule has 1 aliphatic rings. The van der Waals surface area contributed by atoms with E-state index in [9.17, 15) is 12.8 Å². The molecule has 152 valence electrons. The molecular weight excluding hydrogens is 372 g/mol. The Hall–Kier alpha value is -0.995. The second-order valence-electron chi connectivity index (χ2n) is 7.89. The van der Waals surface area contributed by atoms with Gasteiger partial charge in [0, 0.05) is 18.1 Å². The Kier molecular flexibility index (Phi) is 6.74. The Labute approximate surface area is 161 Å². The predicted molar refractivity (Wildman–Crippen MR) is 103 cm³/mol. The van der Waals surface area contributed by atoms with Crippen molar-refractivity contribution in [2.75, 3.05) is 6.61 Å². The number of benzene rings is 1. The van der Waals surface area contributed by atoms with Gasteiger partial charge in [-0.1, -0.05) is 19.4 Å². The number of hydrogen-bond donors (Lipinski definition) is 2. The smallest absolute Gasteiger partial charge is 0.399 e. The molecule has 1 heterocycles. The summed E-state index contributed by atoms with van der Waals surface area (Å²) in [4.78, 5) is -0.167. The van der Waals surface area contributed by atoms with Gasteiger partial charge >= 0.3 is 7.12 Å². The van der Waals surface area contributed by atoms with Crippen LogP contribution in [0.5, 0.6) is 0 Å². The molecule has 0 saturated carbocycles. The molecule has 0 radical (unpaired) electrons. The Morgan fingerprint density at radius 2 is 1.78 bits per heavy atom. The number of hydrogen-bond acceptors (Lipinski definition) is 5. The van der Waals surface area contributed by atoms with Gasteiger partial charge in [-0.05, 0) is 52.7 Å². The lowest BCUT2D eigenvalue weighted by atomic mass is 9.79. The van der Waals surface area contributed by atoms with Crippen molar-refractivity contribution in [2.24, 2.45) is 0 Å². The van der Waals surface area contributed by atoms with Gasteiger partial charge in [0.2, 0.25) is 10.0 Å². The normalized spacial score (nSPS) is 20.0. The standard InChI is InChI=1S/C18H29BFNO5S/c1-6-7-13(10-11-22)21-27(23,24)14-8-9-15(16(20)12-14)19-25-17(2,3)18(4,5)26-19/h8-9,12-13,21-22H,6-7,10-11H2,1-5H3/t13-/m1/s1. The average Bonchev–Trinajstić information content (AvgIpc) is 2.75. The third-order valence-electron chi connectivity index (χ3n) is 5.23. The van der Waals surface area contributed by atoms with Crippen molar-refractivity contribution >= 4 is 22.6 Å². The first-order valence-corrected chi connectivity index (χ1v) is 10.7. The number of rotatable bonds is 8. The summed E-state index contributed by atoms with van der Waals surface area (Å²) in [5.41, 5.74) is -1.07. The van der Waals surface area contributed by atoms with Crippen LogP contribution in [0.15, 0.2) is 23.1 Å². The molecule has 0 amide bonds. The SMILES string of the molecule is CCC[C@H](CCO)NS(=O)(=O)c1ccc(B2OC(C)(C)C(C)(C)O2)c(F)c1. The molecule has 1 atom stereocenters. The Morgan fingerprint density at radius 1 is 1.19 bits per heavy atom. The molecule has 1 aromatic carbocycles. The highest BCUT2D eigenvalue weighted by atomic mass is 32.2. The molecule has 6 nitrogen and oxygen atoms in total. The highest BCUT2D eigenvalue weighted by molar-refractivity contribution is 7.89. The van der Waals surface area contributed by atoms with E-state index in [1.54, 1.807) is 0 Å². The number of nitrogens with one attached hydrogen (secondary N) is 1. The summed E-state index contributed by atoms with van der Waals surface area (Å²) in [6.45, 7) is 9.26. The summed E-state index contributed by atoms with van der Waals surface area (Å²) in [5.74, 6) is -0.703. The maximum absolute atomic E-state index is 14.7. The van der Waals surface area contributed by atoms with Crippen molar-refractivity contribution in [1.29, 1.82) is 0 Å². The zero-order valence-electron chi connectivity index (χ0n) is 16.6. The molecular formula is C18H29BFNO5S. The number of aliphatic hydroxyl groups excluding tert-OH is 1. The van der Waals surface area contributed by atoms with Crippen molar-refractivity contribution in [3.8, 4) is 0 Å². The van der Waals surface area contributed by atoms with Crippen LogP contribution in [0.25, 0.3) is 0 Å². The Morgan fingerprint density at radius 3 is 2.26 bits per heavy atom. The molecule has 0 aliphatic carbocycles. The van der Waals surface area contributed by atoms with Crippen LogP contribution < -0.4 is 10.2 Å². The second-order valence-corrected chi connectivity index (χ2v) is 9.60. The highest BCUT2D eigenvalue weighted by Gasteiger charge is 2.52. The summed E-state index contributed by atoms with van der Waals surface area (Å²) in [6, 6.07) is 3.31. The van der Waals surface area contributed by atoms with Gasteiger partial charge in [0.05, 0.1) is 16.1 Å². The van der Waals surface area contributed by atoms with Gasteiger partial charge in [0.1, 0.15) is 5.82 Å². The zero-order valence-corrected chi connectivity index (χ0v) is 17.4. The quantitative estimate of drug-likeness (QED) is 0.651. The molecule has 0 aromatic heterocycles. The summed E-state index contributed by atoms with van der Waals surface area (Å²) < 4.78 is 54.0. The van der Waals surface area contributed by atoms with Gasteiger partial charge in [-0.2, -0.15) is 0 Å². The van der Waals surface area contributed by atoms with Gasteiger partial charge in [0.25, 0.3) is 0 Å². The van der Waals surface area contributed by atoms with E-state index in [1.165, 1.54) is 12.1 Å². The molecule has 1 aliphatic heterocycles. The van der Waals surface area contributed by atoms with Gasteiger partial charge in [-0.15, -0.1) is 0 Å². The van der Waals surface area contributed by atoms with Gasteiger partial charge in [-0.25, -0.2) is 17.5 Å². The van der Waals surface area contributed by atoms with Crippen molar-refractivity contribution < 1.29 is 27.2 Å². The molecule has 1 fully saturated rings. The lowest BCUT2D eigenvalue weighted by Crippen LogP contribution is -2.41. The average molecular weight is 401 g/mol. The molecule has 2 N–H and O–H groups in total. The minimum atomic E-state index is -3.90. The van der Waals surface area contributed by atoms with E-state index in [1.807, 2.05) is 34.6 Å². The van der Waals surface area contributed by atoms with Gasteiger partial charge in [-0.3, -0.25) is 0 Å². The molecule has 2 rings (SSSR count). The minimum Gasteiger partial charge on any atom is -0.399 e. The monoisotopic (exact) mass is 401 g/mol. The predicted octanol–water partition coefficient (Wildman–Crippen LogP) is 1.95. The minimum absolute atomic E-state index is 0.123. The van der Waals surface area contributed by atoms with E-state index >= 15 is 0 Å². The fourth-order valence-corrected chi connectivity index (χ4v) is 4.21. The van der Waals surface area contributed by atoms with Crippen LogP contribution in [0.4, 0.5) is 4.39 Å². The number of sulfonamides is 1. The summed E-state index contributed by atoms with van der Waals surface area (Å²) in [6.07, 6.45) is 1.66. The van der Waals surface area contributed by atoms with Crippen LogP contribution in [0.1, 0.15) is 53.9 Å². The fourth-order valence-electron chi connectivity index (χ4n) is 2.89. The fraction of sp³-hybridized carbons (Fsp3) is 0.667. The summed E-state index contributed by atoms with van der Waals surface area (Å²) >= 11 is 0. The Bertz CT molecular complexity index is 747. The van der Waals surface area contributed by atoms with E-state index < -0.39 is 40.2 Å². The molecule has 1 saturated heterocycles. The summed E-state index contributed by atoms with van der Waals surface area (Å²) in [5, 5.41) is 9.09. The third-order valence-corrected chi connectivity index (χ3v) is 6.74. The largest absolute Gasteiger partial charge is 0.497 e. The van der Waals surface area contributed by atoms with Gasteiger partial charge in [0.15, 0.2) is 0 Å². The van der Waals surface area contributed by atoms with Crippen LogP contribution >= 0.6 is 0 Å². The topological polar surface area (TPSA) is 84.9 Å². The van der Waals surface area contributed by atoms with Crippen LogP contribution in [-0.2, 0) is 19.3 Å². The first-order chi connectivity index (χ1) is 12.4. The maximum Gasteiger partial charge on any atom is 0.497 e. The van der Waals surface area contributed by atoms with E-state index in [-0.39, 0.29) is 17.0 Å². The molecule has 0 spiro atoms. The second kappa shape index (κ2) is 8.17. The van der Waals surface area contributed by atoms with Crippen molar-refractivity contribution in [3.63, 3.8) is 0 Å². The van der Waals surface area contributed by atoms with Gasteiger partial charge < -0.3 is 14.4 Å². The maximum atomic E-state index is 14.7. The van der Waals surface area contributed by atoms with Crippen LogP contribution in [0.3, 0.4) is 0 Å². The highest BCUT2D eigenvalue weighted by Crippen LogP contribution is 2.36. The van der Waals surface area contributed by atoms with Crippen molar-refractivity contribution in [1.82, 2.24) is 4.72 Å². The van der Waals surface area contributed by atoms with E-state index in [0.717, 1.165) is 12.5 Å². The first kappa shape index (κ1) is 22.3. The lowest BCUT2D eigenvalue weighted by molar-refractivity contribution is 0.00578. The van der Waals surface area contributed by atoms with E-state index in [2.05, 4.69) is 4.72 Å². The lowest BCUT2D eigenvalue weighted by Gasteiger charge is -2.32. The van der Waals surface area contributed by atoms with Crippen molar-refractivity contribution in [2.45, 2.75) is 76.0 Å². The van der Waals surface area contributed by atoms with E-state index in [0.29, 0.717) is 12.8 Å². The number of aliphatic hydroxyl groups is 1. The number of halogens is 1. The molecule has 0 bridgehead atoms. The zero-order chi connectivity index (χ0) is 20.5. The van der Waals surface area contributed by atoms with Crippen LogP contribution in [-0.4, -0.2) is 44.5 Å². The third kappa shape index (κ3) is 4.89. The van der Waals surface area contributed by atoms with Crippen LogP contribution in [0, 0.1) is 5.82 Å². The first-order valence-electron chi connectivity index (χ1n) is 9.22. The summed E-state index contributed by atoms with van der Waals surface area (Å²) in [7, 11) is -4.80. The molecule has 1 aromatic rings. The van der Waals surface area contributed by atoms with Crippen LogP contribution in [0.2, 0.25) is 0 Å².